The van der Waals surface area contributed by atoms with Crippen molar-refractivity contribution >= 4 is 22.9 Å². The van der Waals surface area contributed by atoms with E-state index in [1.165, 1.54) is 43.4 Å². The van der Waals surface area contributed by atoms with Gasteiger partial charge in [0.05, 0.1) is 0 Å². The van der Waals surface area contributed by atoms with Gasteiger partial charge >= 0.3 is 0 Å². The van der Waals surface area contributed by atoms with Crippen LogP contribution < -0.4 is 10.6 Å². The van der Waals surface area contributed by atoms with Crippen molar-refractivity contribution in [3.05, 3.63) is 29.3 Å². The van der Waals surface area contributed by atoms with Gasteiger partial charge in [0.2, 0.25) is 0 Å². The van der Waals surface area contributed by atoms with E-state index >= 15 is 0 Å². The van der Waals surface area contributed by atoms with Crippen molar-refractivity contribution in [2.75, 3.05) is 11.4 Å². The van der Waals surface area contributed by atoms with Gasteiger partial charge in [-0.1, -0.05) is 37.5 Å². The van der Waals surface area contributed by atoms with Crippen molar-refractivity contribution in [3.63, 3.8) is 0 Å². The molecule has 1 fully saturated rings. The molecule has 0 atom stereocenters. The zero-order valence-corrected chi connectivity index (χ0v) is 12.8. The van der Waals surface area contributed by atoms with Crippen molar-refractivity contribution in [2.24, 2.45) is 5.73 Å². The molecular formula is C16H24N2S. The molecule has 0 amide bonds. The van der Waals surface area contributed by atoms with Gasteiger partial charge in [-0.3, -0.25) is 0 Å². The Balaban J connectivity index is 2.35. The van der Waals surface area contributed by atoms with Crippen molar-refractivity contribution in [2.45, 2.75) is 52.0 Å². The van der Waals surface area contributed by atoms with Crippen LogP contribution in [0.15, 0.2) is 18.2 Å². The number of benzene rings is 1. The van der Waals surface area contributed by atoms with Gasteiger partial charge < -0.3 is 10.6 Å². The number of rotatable bonds is 4. The van der Waals surface area contributed by atoms with E-state index in [1.54, 1.807) is 0 Å². The predicted octanol–water partition coefficient (Wildman–Crippen LogP) is 3.79. The smallest absolute Gasteiger partial charge is 0.106 e. The summed E-state index contributed by atoms with van der Waals surface area (Å²) in [5, 5.41) is 0. The van der Waals surface area contributed by atoms with Crippen LogP contribution in [0.25, 0.3) is 0 Å². The van der Waals surface area contributed by atoms with Gasteiger partial charge in [-0.25, -0.2) is 0 Å². The first-order chi connectivity index (χ1) is 9.13. The number of anilines is 1. The maximum Gasteiger partial charge on any atom is 0.106 e. The van der Waals surface area contributed by atoms with Crippen molar-refractivity contribution in [3.8, 4) is 0 Å². The largest absolute Gasteiger partial charge is 0.389 e. The van der Waals surface area contributed by atoms with Crippen LogP contribution in [0.1, 0.15) is 50.2 Å². The number of nitrogens with two attached hydrogens (primary N) is 1. The molecule has 2 nitrogen and oxygen atoms in total. The molecule has 1 aromatic rings. The minimum Gasteiger partial charge on any atom is -0.389 e. The molecule has 0 aromatic heterocycles. The van der Waals surface area contributed by atoms with E-state index in [2.05, 4.69) is 36.9 Å². The van der Waals surface area contributed by atoms with Crippen LogP contribution in [0.3, 0.4) is 0 Å². The highest BCUT2D eigenvalue weighted by atomic mass is 32.1. The lowest BCUT2D eigenvalue weighted by atomic mass is 9.93. The fourth-order valence-corrected chi connectivity index (χ4v) is 3.28. The van der Waals surface area contributed by atoms with Gasteiger partial charge in [-0.2, -0.15) is 0 Å². The van der Waals surface area contributed by atoms with Crippen LogP contribution in [0.4, 0.5) is 5.69 Å². The Bertz CT molecular complexity index is 450. The average Bonchev–Trinajstić information content (AvgIpc) is 2.40. The molecule has 2 rings (SSSR count). The van der Waals surface area contributed by atoms with Crippen molar-refractivity contribution in [1.82, 2.24) is 0 Å². The standard InChI is InChI=1S/C16H24N2S/c1-3-18(13-7-5-4-6-8-13)15-11-12(2)9-10-14(15)16(17)19/h9-11,13H,3-8H2,1-2H3,(H2,17,19). The first-order valence-corrected chi connectivity index (χ1v) is 7.71. The first-order valence-electron chi connectivity index (χ1n) is 7.30. The summed E-state index contributed by atoms with van der Waals surface area (Å²) in [5.74, 6) is 0. The van der Waals surface area contributed by atoms with Gasteiger partial charge in [-0.05, 0) is 44.4 Å². The van der Waals surface area contributed by atoms with Crippen LogP contribution in [0, 0.1) is 6.92 Å². The Morgan fingerprint density at radius 3 is 2.58 bits per heavy atom. The number of hydrogen-bond acceptors (Lipinski definition) is 2. The third-order valence-corrected chi connectivity index (χ3v) is 4.30. The second-order valence-corrected chi connectivity index (χ2v) is 5.90. The maximum atomic E-state index is 5.89. The molecule has 1 aliphatic carbocycles. The minimum absolute atomic E-state index is 0.504. The van der Waals surface area contributed by atoms with Crippen LogP contribution in [0.2, 0.25) is 0 Å². The van der Waals surface area contributed by atoms with Gasteiger partial charge in [-0.15, -0.1) is 0 Å². The SMILES string of the molecule is CCN(c1cc(C)ccc1C(N)=S)C1CCCCC1. The van der Waals surface area contributed by atoms with Gasteiger partial charge in [0, 0.05) is 23.8 Å². The summed E-state index contributed by atoms with van der Waals surface area (Å²) in [6.07, 6.45) is 6.64. The molecule has 0 spiro atoms. The van der Waals surface area contributed by atoms with E-state index < -0.39 is 0 Å². The normalized spacial score (nSPS) is 16.3. The molecule has 2 N–H and O–H groups in total. The summed E-state index contributed by atoms with van der Waals surface area (Å²) in [5.41, 5.74) is 9.40. The van der Waals surface area contributed by atoms with Crippen LogP contribution in [-0.4, -0.2) is 17.6 Å². The molecule has 0 unspecified atom stereocenters. The van der Waals surface area contributed by atoms with Crippen LogP contribution in [-0.2, 0) is 0 Å². The van der Waals surface area contributed by atoms with Crippen molar-refractivity contribution in [1.29, 1.82) is 0 Å². The van der Waals surface area contributed by atoms with E-state index in [4.69, 9.17) is 18.0 Å². The third kappa shape index (κ3) is 3.27. The Kier molecular flexibility index (Phi) is 4.81. The monoisotopic (exact) mass is 276 g/mol. The minimum atomic E-state index is 0.504. The summed E-state index contributed by atoms with van der Waals surface area (Å²) in [4.78, 5) is 3.00. The van der Waals surface area contributed by atoms with Gasteiger partial charge in [0.15, 0.2) is 0 Å². The predicted molar refractivity (Wildman–Crippen MR) is 87.0 cm³/mol. The molecule has 1 saturated carbocycles. The fraction of sp³-hybridized carbons (Fsp3) is 0.562. The van der Waals surface area contributed by atoms with Gasteiger partial charge in [0.1, 0.15) is 4.99 Å². The molecule has 19 heavy (non-hydrogen) atoms. The van der Waals surface area contributed by atoms with E-state index in [-0.39, 0.29) is 0 Å². The summed E-state index contributed by atoms with van der Waals surface area (Å²) < 4.78 is 0. The Hall–Kier alpha value is -1.09. The highest BCUT2D eigenvalue weighted by Crippen LogP contribution is 2.30. The molecule has 0 radical (unpaired) electrons. The first kappa shape index (κ1) is 14.3. The molecule has 1 aliphatic rings. The number of nitrogens with zero attached hydrogens (tertiary/aromatic N) is 1. The molecule has 0 saturated heterocycles. The molecule has 104 valence electrons. The quantitative estimate of drug-likeness (QED) is 0.848. The molecule has 0 bridgehead atoms. The zero-order valence-electron chi connectivity index (χ0n) is 12.0. The summed E-state index contributed by atoms with van der Waals surface area (Å²) in [6, 6.07) is 7.03. The molecular weight excluding hydrogens is 252 g/mol. The fourth-order valence-electron chi connectivity index (χ4n) is 3.11. The molecule has 0 heterocycles. The second kappa shape index (κ2) is 6.38. The molecule has 1 aromatic carbocycles. The van der Waals surface area contributed by atoms with Crippen LogP contribution >= 0.6 is 12.2 Å². The number of thiocarbonyl (C=S) groups is 1. The van der Waals surface area contributed by atoms with E-state index in [1.807, 2.05) is 0 Å². The average molecular weight is 276 g/mol. The lowest BCUT2D eigenvalue weighted by molar-refractivity contribution is 0.418. The van der Waals surface area contributed by atoms with Crippen molar-refractivity contribution < 1.29 is 0 Å². The molecule has 3 heteroatoms. The van der Waals surface area contributed by atoms with E-state index in [9.17, 15) is 0 Å². The Morgan fingerprint density at radius 1 is 1.32 bits per heavy atom. The molecule has 0 aliphatic heterocycles. The topological polar surface area (TPSA) is 29.3 Å². The number of hydrogen-bond donors (Lipinski definition) is 1. The zero-order chi connectivity index (χ0) is 13.8. The lowest BCUT2D eigenvalue weighted by Crippen LogP contribution is -2.38. The highest BCUT2D eigenvalue weighted by molar-refractivity contribution is 7.80. The highest BCUT2D eigenvalue weighted by Gasteiger charge is 2.22. The maximum absolute atomic E-state index is 5.89. The summed E-state index contributed by atoms with van der Waals surface area (Å²) in [6.45, 7) is 5.37. The Labute approximate surface area is 122 Å². The van der Waals surface area contributed by atoms with Crippen LogP contribution in [0.5, 0.6) is 0 Å². The second-order valence-electron chi connectivity index (χ2n) is 5.46. The summed E-state index contributed by atoms with van der Waals surface area (Å²) >= 11 is 5.21. The van der Waals surface area contributed by atoms with Gasteiger partial charge in [0.25, 0.3) is 0 Å². The van der Waals surface area contributed by atoms with E-state index in [0.717, 1.165) is 12.1 Å². The third-order valence-electron chi connectivity index (χ3n) is 4.08. The Morgan fingerprint density at radius 2 is 2.00 bits per heavy atom. The summed E-state index contributed by atoms with van der Waals surface area (Å²) in [7, 11) is 0. The lowest BCUT2D eigenvalue weighted by Gasteiger charge is -2.36. The van der Waals surface area contributed by atoms with E-state index in [0.29, 0.717) is 11.0 Å². The number of aryl methyl sites for hydroxylation is 1.